The highest BCUT2D eigenvalue weighted by molar-refractivity contribution is 6.42. The number of amides is 2. The molecule has 2 rings (SSSR count). The third-order valence-electron chi connectivity index (χ3n) is 3.08. The lowest BCUT2D eigenvalue weighted by molar-refractivity contribution is 0.0526. The minimum absolute atomic E-state index is 0.0816. The van der Waals surface area contributed by atoms with E-state index in [1.165, 1.54) is 0 Å². The standard InChI is InChI=1S/C13H16Cl2N2O2/c1-9(10-2-3-11(14)12(15)8-10)16-13(18)17-4-6-19-7-5-17/h2-3,8-9H,4-7H2,1H3,(H,16,18). The van der Waals surface area contributed by atoms with Gasteiger partial charge in [0.2, 0.25) is 0 Å². The number of rotatable bonds is 2. The van der Waals surface area contributed by atoms with Crippen LogP contribution in [-0.4, -0.2) is 37.2 Å². The highest BCUT2D eigenvalue weighted by Gasteiger charge is 2.19. The molecule has 1 N–H and O–H groups in total. The summed E-state index contributed by atoms with van der Waals surface area (Å²) >= 11 is 11.8. The van der Waals surface area contributed by atoms with Crippen LogP contribution in [0.2, 0.25) is 10.0 Å². The van der Waals surface area contributed by atoms with Crippen LogP contribution in [0.4, 0.5) is 4.79 Å². The number of nitrogens with one attached hydrogen (secondary N) is 1. The molecule has 104 valence electrons. The van der Waals surface area contributed by atoms with Gasteiger partial charge in [0.15, 0.2) is 0 Å². The van der Waals surface area contributed by atoms with Crippen molar-refractivity contribution >= 4 is 29.2 Å². The molecule has 1 aromatic rings. The van der Waals surface area contributed by atoms with E-state index in [-0.39, 0.29) is 12.1 Å². The van der Waals surface area contributed by atoms with E-state index >= 15 is 0 Å². The third-order valence-corrected chi connectivity index (χ3v) is 3.82. The quantitative estimate of drug-likeness (QED) is 0.912. The number of ether oxygens (including phenoxy) is 1. The Bertz CT molecular complexity index is 462. The predicted octanol–water partition coefficient (Wildman–Crippen LogP) is 3.10. The van der Waals surface area contributed by atoms with Crippen LogP contribution in [0.25, 0.3) is 0 Å². The summed E-state index contributed by atoms with van der Waals surface area (Å²) in [5.41, 5.74) is 0.927. The molecular weight excluding hydrogens is 287 g/mol. The normalized spacial score (nSPS) is 17.1. The third kappa shape index (κ3) is 3.75. The van der Waals surface area contributed by atoms with Gasteiger partial charge in [-0.05, 0) is 24.6 Å². The van der Waals surface area contributed by atoms with E-state index < -0.39 is 0 Å². The Morgan fingerprint density at radius 2 is 2.00 bits per heavy atom. The zero-order chi connectivity index (χ0) is 13.8. The minimum atomic E-state index is -0.120. The lowest BCUT2D eigenvalue weighted by Gasteiger charge is -2.28. The number of halogens is 2. The van der Waals surface area contributed by atoms with Crippen LogP contribution < -0.4 is 5.32 Å². The van der Waals surface area contributed by atoms with Gasteiger partial charge in [0.25, 0.3) is 0 Å². The van der Waals surface area contributed by atoms with Crippen LogP contribution in [0.15, 0.2) is 18.2 Å². The average Bonchev–Trinajstić information content (AvgIpc) is 2.42. The van der Waals surface area contributed by atoms with Crippen molar-refractivity contribution in [1.29, 1.82) is 0 Å². The van der Waals surface area contributed by atoms with Crippen molar-refractivity contribution in [3.63, 3.8) is 0 Å². The monoisotopic (exact) mass is 302 g/mol. The molecule has 0 aliphatic carbocycles. The van der Waals surface area contributed by atoms with Crippen molar-refractivity contribution in [3.8, 4) is 0 Å². The maximum atomic E-state index is 12.0. The SMILES string of the molecule is CC(NC(=O)N1CCOCC1)c1ccc(Cl)c(Cl)c1. The summed E-state index contributed by atoms with van der Waals surface area (Å²) < 4.78 is 5.21. The van der Waals surface area contributed by atoms with Gasteiger partial charge in [-0.2, -0.15) is 0 Å². The number of hydrogen-bond donors (Lipinski definition) is 1. The number of carbonyl (C=O) groups excluding carboxylic acids is 1. The number of urea groups is 1. The Hall–Kier alpha value is -0.970. The van der Waals surface area contributed by atoms with Crippen LogP contribution in [0.5, 0.6) is 0 Å². The molecule has 1 saturated heterocycles. The summed E-state index contributed by atoms with van der Waals surface area (Å²) in [7, 11) is 0. The zero-order valence-corrected chi connectivity index (χ0v) is 12.2. The second-order valence-corrected chi connectivity index (χ2v) is 5.26. The summed E-state index contributed by atoms with van der Waals surface area (Å²) in [6.07, 6.45) is 0. The van der Waals surface area contributed by atoms with Crippen molar-refractivity contribution < 1.29 is 9.53 Å². The molecule has 1 aliphatic rings. The number of hydrogen-bond acceptors (Lipinski definition) is 2. The molecule has 1 atom stereocenters. The first-order valence-corrected chi connectivity index (χ1v) is 6.91. The molecule has 1 heterocycles. The first kappa shape index (κ1) is 14.4. The molecule has 6 heteroatoms. The van der Waals surface area contributed by atoms with Gasteiger partial charge in [0, 0.05) is 13.1 Å². The highest BCUT2D eigenvalue weighted by atomic mass is 35.5. The molecule has 0 spiro atoms. The van der Waals surface area contributed by atoms with Crippen LogP contribution in [0.1, 0.15) is 18.5 Å². The Kier molecular flexibility index (Phi) is 4.91. The number of carbonyl (C=O) groups is 1. The van der Waals surface area contributed by atoms with Crippen molar-refractivity contribution in [3.05, 3.63) is 33.8 Å². The molecule has 0 bridgehead atoms. The molecule has 1 aromatic carbocycles. The van der Waals surface area contributed by atoms with E-state index in [1.807, 2.05) is 13.0 Å². The van der Waals surface area contributed by atoms with E-state index in [1.54, 1.807) is 17.0 Å². The van der Waals surface area contributed by atoms with Gasteiger partial charge < -0.3 is 15.0 Å². The van der Waals surface area contributed by atoms with E-state index in [0.717, 1.165) is 5.56 Å². The van der Waals surface area contributed by atoms with Crippen molar-refractivity contribution in [2.45, 2.75) is 13.0 Å². The second kappa shape index (κ2) is 6.46. The maximum absolute atomic E-state index is 12.0. The second-order valence-electron chi connectivity index (χ2n) is 4.44. The summed E-state index contributed by atoms with van der Waals surface area (Å²) in [6, 6.07) is 5.16. The zero-order valence-electron chi connectivity index (χ0n) is 10.7. The largest absolute Gasteiger partial charge is 0.378 e. The molecule has 4 nitrogen and oxygen atoms in total. The smallest absolute Gasteiger partial charge is 0.318 e. The summed E-state index contributed by atoms with van der Waals surface area (Å²) in [5.74, 6) is 0. The molecule has 19 heavy (non-hydrogen) atoms. The van der Waals surface area contributed by atoms with Gasteiger partial charge in [0.05, 0.1) is 29.3 Å². The molecule has 1 unspecified atom stereocenters. The fourth-order valence-corrected chi connectivity index (χ4v) is 2.21. The van der Waals surface area contributed by atoms with Crippen LogP contribution in [0, 0.1) is 0 Å². The van der Waals surface area contributed by atoms with Crippen LogP contribution in [0.3, 0.4) is 0 Å². The Labute approximate surface area is 122 Å². The summed E-state index contributed by atoms with van der Waals surface area (Å²) in [6.45, 7) is 4.35. The molecule has 2 amide bonds. The topological polar surface area (TPSA) is 41.6 Å². The molecule has 1 fully saturated rings. The van der Waals surface area contributed by atoms with Gasteiger partial charge in [-0.1, -0.05) is 29.3 Å². The average molecular weight is 303 g/mol. The van der Waals surface area contributed by atoms with E-state index in [4.69, 9.17) is 27.9 Å². The fourth-order valence-electron chi connectivity index (χ4n) is 1.91. The Morgan fingerprint density at radius 1 is 1.32 bits per heavy atom. The van der Waals surface area contributed by atoms with Crippen molar-refractivity contribution in [2.75, 3.05) is 26.3 Å². The highest BCUT2D eigenvalue weighted by Crippen LogP contribution is 2.25. The lowest BCUT2D eigenvalue weighted by Crippen LogP contribution is -2.46. The van der Waals surface area contributed by atoms with E-state index in [0.29, 0.717) is 36.3 Å². The molecule has 0 aromatic heterocycles. The molecule has 0 radical (unpaired) electrons. The van der Waals surface area contributed by atoms with Gasteiger partial charge in [-0.3, -0.25) is 0 Å². The lowest BCUT2D eigenvalue weighted by atomic mass is 10.1. The van der Waals surface area contributed by atoms with Gasteiger partial charge in [-0.15, -0.1) is 0 Å². The van der Waals surface area contributed by atoms with E-state index in [2.05, 4.69) is 5.32 Å². The summed E-state index contributed by atoms with van der Waals surface area (Å²) in [4.78, 5) is 13.8. The van der Waals surface area contributed by atoms with Gasteiger partial charge in [-0.25, -0.2) is 4.79 Å². The van der Waals surface area contributed by atoms with Crippen molar-refractivity contribution in [2.24, 2.45) is 0 Å². The molecule has 1 aliphatic heterocycles. The summed E-state index contributed by atoms with van der Waals surface area (Å²) in [5, 5.41) is 3.95. The van der Waals surface area contributed by atoms with E-state index in [9.17, 15) is 4.79 Å². The molecule has 0 saturated carbocycles. The fraction of sp³-hybridized carbons (Fsp3) is 0.462. The Balaban J connectivity index is 1.97. The van der Waals surface area contributed by atoms with Crippen molar-refractivity contribution in [1.82, 2.24) is 10.2 Å². The van der Waals surface area contributed by atoms with Gasteiger partial charge >= 0.3 is 6.03 Å². The predicted molar refractivity (Wildman–Crippen MR) is 75.8 cm³/mol. The first-order chi connectivity index (χ1) is 9.08. The maximum Gasteiger partial charge on any atom is 0.318 e. The molecular formula is C13H16Cl2N2O2. The minimum Gasteiger partial charge on any atom is -0.378 e. The number of nitrogens with zero attached hydrogens (tertiary/aromatic N) is 1. The number of benzene rings is 1. The van der Waals surface area contributed by atoms with Crippen LogP contribution in [-0.2, 0) is 4.74 Å². The van der Waals surface area contributed by atoms with Crippen LogP contribution >= 0.6 is 23.2 Å². The first-order valence-electron chi connectivity index (χ1n) is 6.16. The van der Waals surface area contributed by atoms with Gasteiger partial charge in [0.1, 0.15) is 0 Å². The number of morpholine rings is 1. The Morgan fingerprint density at radius 3 is 2.63 bits per heavy atom.